The molecular weight excluding hydrogens is 467 g/mol. The Morgan fingerprint density at radius 2 is 1.83 bits per heavy atom. The molecule has 2 heterocycles. The molecule has 1 aliphatic heterocycles. The number of nitrogens with zero attached hydrogens (tertiary/aromatic N) is 3. The first-order valence-corrected chi connectivity index (χ1v) is 12.8. The van der Waals surface area contributed by atoms with Gasteiger partial charge in [-0.05, 0) is 51.0 Å². The van der Waals surface area contributed by atoms with Crippen molar-refractivity contribution in [2.24, 2.45) is 10.7 Å². The van der Waals surface area contributed by atoms with Crippen LogP contribution in [-0.2, 0) is 26.5 Å². The van der Waals surface area contributed by atoms with Crippen LogP contribution < -0.4 is 5.73 Å². The second-order valence-electron chi connectivity index (χ2n) is 9.39. The summed E-state index contributed by atoms with van der Waals surface area (Å²) in [6, 6.07) is 11.3. The first-order valence-electron chi connectivity index (χ1n) is 11.1. The monoisotopic (exact) mass is 494 g/mol. The van der Waals surface area contributed by atoms with Crippen LogP contribution in [0.5, 0.6) is 0 Å². The Balaban J connectivity index is 1.74. The van der Waals surface area contributed by atoms with E-state index in [-0.39, 0.29) is 29.3 Å². The second-order valence-corrected chi connectivity index (χ2v) is 11.7. The molecular formula is C26H27FN4O3S. The largest absolute Gasteiger partial charge is 0.386 e. The molecule has 182 valence electrons. The van der Waals surface area contributed by atoms with Crippen molar-refractivity contribution in [2.45, 2.75) is 44.4 Å². The van der Waals surface area contributed by atoms with Crippen molar-refractivity contribution in [1.29, 1.82) is 0 Å². The van der Waals surface area contributed by atoms with Crippen LogP contribution >= 0.6 is 0 Å². The third-order valence-electron chi connectivity index (χ3n) is 6.56. The molecule has 2 N–H and O–H groups in total. The van der Waals surface area contributed by atoms with Gasteiger partial charge >= 0.3 is 0 Å². The lowest BCUT2D eigenvalue weighted by Gasteiger charge is -2.40. The molecule has 2 aromatic carbocycles. The van der Waals surface area contributed by atoms with Crippen molar-refractivity contribution in [3.63, 3.8) is 0 Å². The number of benzene rings is 2. The molecule has 0 amide bonds. The van der Waals surface area contributed by atoms with Gasteiger partial charge in [0.1, 0.15) is 22.9 Å². The summed E-state index contributed by atoms with van der Waals surface area (Å²) < 4.78 is 40.8. The highest BCUT2D eigenvalue weighted by Gasteiger charge is 2.53. The number of hydrogen-bond donors (Lipinski definition) is 1. The van der Waals surface area contributed by atoms with Crippen LogP contribution in [-0.4, -0.2) is 35.8 Å². The number of nitrogens with two attached hydrogens (primary N) is 1. The number of aliphatic imine (C=N–C) groups is 1. The molecule has 0 unspecified atom stereocenters. The molecule has 1 aromatic heterocycles. The third kappa shape index (κ3) is 4.36. The van der Waals surface area contributed by atoms with E-state index < -0.39 is 31.7 Å². The minimum absolute atomic E-state index is 0.0476. The minimum atomic E-state index is -3.91. The van der Waals surface area contributed by atoms with Crippen LogP contribution in [0, 0.1) is 19.7 Å². The molecule has 35 heavy (non-hydrogen) atoms. The number of ketones is 1. The Kier molecular flexibility index (Phi) is 6.09. The molecule has 0 saturated heterocycles. The summed E-state index contributed by atoms with van der Waals surface area (Å²) in [6.45, 7) is 6.71. The number of sulfone groups is 1. The van der Waals surface area contributed by atoms with Gasteiger partial charge in [0.2, 0.25) is 0 Å². The fourth-order valence-electron chi connectivity index (χ4n) is 4.39. The van der Waals surface area contributed by atoms with Crippen molar-refractivity contribution in [3.8, 4) is 0 Å². The molecule has 1 aliphatic rings. The Morgan fingerprint density at radius 1 is 1.09 bits per heavy atom. The van der Waals surface area contributed by atoms with E-state index in [1.54, 1.807) is 32.0 Å². The van der Waals surface area contributed by atoms with Gasteiger partial charge in [0, 0.05) is 18.2 Å². The van der Waals surface area contributed by atoms with Crippen molar-refractivity contribution < 1.29 is 17.6 Å². The number of Topliss-reactive ketones (excluding diaryl/α,β-unsaturated/α-hetero) is 1. The van der Waals surface area contributed by atoms with Gasteiger partial charge in [-0.1, -0.05) is 35.9 Å². The van der Waals surface area contributed by atoms with E-state index in [2.05, 4.69) is 15.0 Å². The van der Waals surface area contributed by atoms with Crippen molar-refractivity contribution >= 4 is 21.5 Å². The molecule has 9 heteroatoms. The summed E-state index contributed by atoms with van der Waals surface area (Å²) >= 11 is 0. The molecule has 3 aromatic rings. The summed E-state index contributed by atoms with van der Waals surface area (Å²) in [7, 11) is -3.91. The van der Waals surface area contributed by atoms with Gasteiger partial charge < -0.3 is 5.73 Å². The lowest BCUT2D eigenvalue weighted by molar-refractivity contribution is 0.0987. The van der Waals surface area contributed by atoms with Crippen molar-refractivity contribution in [1.82, 2.24) is 9.97 Å². The van der Waals surface area contributed by atoms with Crippen molar-refractivity contribution in [2.75, 3.05) is 5.75 Å². The second kappa shape index (κ2) is 8.64. The average molecular weight is 495 g/mol. The van der Waals surface area contributed by atoms with Crippen LogP contribution in [0.4, 0.5) is 4.39 Å². The maximum Gasteiger partial charge on any atom is 0.187 e. The normalized spacial score (nSPS) is 23.5. The number of amidine groups is 1. The van der Waals surface area contributed by atoms with E-state index >= 15 is 4.39 Å². The molecule has 0 spiro atoms. The zero-order valence-electron chi connectivity index (χ0n) is 20.0. The van der Waals surface area contributed by atoms with Gasteiger partial charge in [-0.3, -0.25) is 14.8 Å². The Hall–Kier alpha value is -3.46. The van der Waals surface area contributed by atoms with Gasteiger partial charge in [-0.25, -0.2) is 17.8 Å². The number of carbonyl (C=O) groups excluding carboxylic acids is 1. The van der Waals surface area contributed by atoms with Crippen LogP contribution in [0.25, 0.3) is 0 Å². The molecule has 2 atom stereocenters. The van der Waals surface area contributed by atoms with E-state index in [9.17, 15) is 13.2 Å². The van der Waals surface area contributed by atoms with E-state index in [0.717, 1.165) is 5.56 Å². The lowest BCUT2D eigenvalue weighted by atomic mass is 9.89. The standard InChI is InChI=1S/C26H27FN4O3S/c1-16-6-5-7-19(10-16)26(4)24(28)31-25(3,15-35(26,33)34)20-11-18(8-9-21(20)27)12-23(32)22-14-29-17(2)13-30-22/h5-11,13-14H,12,15H2,1-4H3,(H2,28,31)/t25-,26+/m0/s1. The van der Waals surface area contributed by atoms with Crippen molar-refractivity contribution in [3.05, 3.63) is 94.3 Å². The number of hydrogen-bond acceptors (Lipinski definition) is 7. The van der Waals surface area contributed by atoms with Gasteiger partial charge in [0.05, 0.1) is 17.6 Å². The minimum Gasteiger partial charge on any atom is -0.386 e. The maximum absolute atomic E-state index is 15.0. The Morgan fingerprint density at radius 3 is 2.46 bits per heavy atom. The smallest absolute Gasteiger partial charge is 0.187 e. The first kappa shape index (κ1) is 24.7. The fraction of sp³-hybridized carbons (Fsp3) is 0.308. The Labute approximate surface area is 204 Å². The fourth-order valence-corrected chi connectivity index (χ4v) is 6.49. The SMILES string of the molecule is Cc1cccc([C@]2(C)C(N)=N[C@](C)(c3cc(CC(=O)c4cnc(C)cn4)ccc3F)CS2(=O)=O)c1. The molecule has 0 fully saturated rings. The summed E-state index contributed by atoms with van der Waals surface area (Å²) in [4.78, 5) is 25.4. The number of halogens is 1. The van der Waals surface area contributed by atoms with Crippen LogP contribution in [0.1, 0.15) is 52.3 Å². The summed E-state index contributed by atoms with van der Waals surface area (Å²) in [5.74, 6) is -1.45. The zero-order valence-corrected chi connectivity index (χ0v) is 20.9. The van der Waals surface area contributed by atoms with E-state index in [1.165, 1.54) is 37.5 Å². The summed E-state index contributed by atoms with van der Waals surface area (Å²) in [5, 5.41) is 0. The summed E-state index contributed by atoms with van der Waals surface area (Å²) in [6.07, 6.45) is 2.85. The number of aryl methyl sites for hydroxylation is 2. The number of carbonyl (C=O) groups is 1. The van der Waals surface area contributed by atoms with E-state index in [0.29, 0.717) is 16.8 Å². The Bertz CT molecular complexity index is 1450. The van der Waals surface area contributed by atoms with Gasteiger partial charge in [-0.2, -0.15) is 0 Å². The predicted octanol–water partition coefficient (Wildman–Crippen LogP) is 3.57. The molecule has 4 rings (SSSR count). The van der Waals surface area contributed by atoms with E-state index in [1.807, 2.05) is 13.0 Å². The van der Waals surface area contributed by atoms with Gasteiger partial charge in [0.15, 0.2) is 20.4 Å². The number of rotatable bonds is 5. The maximum atomic E-state index is 15.0. The van der Waals surface area contributed by atoms with Gasteiger partial charge in [0.25, 0.3) is 0 Å². The highest BCUT2D eigenvalue weighted by molar-refractivity contribution is 7.93. The molecule has 0 saturated carbocycles. The van der Waals surface area contributed by atoms with Crippen LogP contribution in [0.15, 0.2) is 59.9 Å². The molecule has 0 bridgehead atoms. The quantitative estimate of drug-likeness (QED) is 0.542. The lowest BCUT2D eigenvalue weighted by Crippen LogP contribution is -2.54. The zero-order chi connectivity index (χ0) is 25.6. The number of aromatic nitrogens is 2. The highest BCUT2D eigenvalue weighted by atomic mass is 32.2. The van der Waals surface area contributed by atoms with Crippen LogP contribution in [0.3, 0.4) is 0 Å². The van der Waals surface area contributed by atoms with E-state index in [4.69, 9.17) is 5.73 Å². The predicted molar refractivity (Wildman–Crippen MR) is 132 cm³/mol. The van der Waals surface area contributed by atoms with Crippen LogP contribution in [0.2, 0.25) is 0 Å². The third-order valence-corrected chi connectivity index (χ3v) is 9.19. The molecule has 0 aliphatic carbocycles. The van der Waals surface area contributed by atoms with Gasteiger partial charge in [-0.15, -0.1) is 0 Å². The topological polar surface area (TPSA) is 115 Å². The first-order chi connectivity index (χ1) is 16.4. The molecule has 0 radical (unpaired) electrons. The average Bonchev–Trinajstić information content (AvgIpc) is 2.78. The highest BCUT2D eigenvalue weighted by Crippen LogP contribution is 2.43. The summed E-state index contributed by atoms with van der Waals surface area (Å²) in [5.41, 5.74) is 7.72. The molecule has 7 nitrogen and oxygen atoms in total.